The number of nitrogen functional groups attached to an aromatic ring is 1. The van der Waals surface area contributed by atoms with Crippen molar-refractivity contribution in [2.24, 2.45) is 0 Å². The molecule has 112 valence electrons. The van der Waals surface area contributed by atoms with Crippen LogP contribution >= 0.6 is 0 Å². The van der Waals surface area contributed by atoms with Crippen molar-refractivity contribution >= 4 is 17.3 Å². The van der Waals surface area contributed by atoms with Crippen LogP contribution in [0.3, 0.4) is 0 Å². The molecule has 0 saturated carbocycles. The summed E-state index contributed by atoms with van der Waals surface area (Å²) in [6.45, 7) is 5.55. The lowest BCUT2D eigenvalue weighted by Crippen LogP contribution is -2.36. The van der Waals surface area contributed by atoms with Gasteiger partial charge in [-0.15, -0.1) is 0 Å². The number of carbonyl (C=O) groups excluding carboxylic acids is 1. The Morgan fingerprint density at radius 3 is 2.55 bits per heavy atom. The molecule has 1 unspecified atom stereocenters. The van der Waals surface area contributed by atoms with Gasteiger partial charge in [-0.05, 0) is 32.0 Å². The molecule has 1 atom stereocenters. The van der Waals surface area contributed by atoms with Gasteiger partial charge in [-0.2, -0.15) is 0 Å². The zero-order valence-corrected chi connectivity index (χ0v) is 13.0. The molecule has 5 nitrogen and oxygen atoms in total. The van der Waals surface area contributed by atoms with Gasteiger partial charge in [0.1, 0.15) is 0 Å². The number of likely N-dealkylation sites (N-methyl/N-ethyl adjacent to an activating group) is 1. The summed E-state index contributed by atoms with van der Waals surface area (Å²) in [5.74, 6) is -0.0262. The minimum absolute atomic E-state index is 0.0262. The average molecular weight is 279 g/mol. The molecule has 0 radical (unpaired) electrons. The van der Waals surface area contributed by atoms with Crippen LogP contribution in [0.25, 0.3) is 0 Å². The van der Waals surface area contributed by atoms with Gasteiger partial charge in [0.15, 0.2) is 0 Å². The van der Waals surface area contributed by atoms with E-state index in [2.05, 4.69) is 18.7 Å². The molecule has 0 aliphatic rings. The number of methoxy groups -OCH3 is 1. The van der Waals surface area contributed by atoms with Gasteiger partial charge in [0, 0.05) is 39.4 Å². The molecule has 1 rings (SSSR count). The van der Waals surface area contributed by atoms with Crippen molar-refractivity contribution in [3.63, 3.8) is 0 Å². The first kappa shape index (κ1) is 16.3. The van der Waals surface area contributed by atoms with Crippen LogP contribution in [0.5, 0.6) is 0 Å². The highest BCUT2D eigenvalue weighted by atomic mass is 16.5. The van der Waals surface area contributed by atoms with Crippen LogP contribution in [0.4, 0.5) is 11.4 Å². The Labute approximate surface area is 121 Å². The number of benzene rings is 1. The summed E-state index contributed by atoms with van der Waals surface area (Å²) >= 11 is 0. The van der Waals surface area contributed by atoms with Crippen LogP contribution in [-0.4, -0.2) is 51.2 Å². The Morgan fingerprint density at radius 1 is 1.40 bits per heavy atom. The van der Waals surface area contributed by atoms with Crippen molar-refractivity contribution in [3.8, 4) is 0 Å². The van der Waals surface area contributed by atoms with E-state index < -0.39 is 0 Å². The first-order valence-corrected chi connectivity index (χ1v) is 6.79. The van der Waals surface area contributed by atoms with Gasteiger partial charge in [-0.25, -0.2) is 0 Å². The van der Waals surface area contributed by atoms with Crippen LogP contribution < -0.4 is 10.6 Å². The minimum atomic E-state index is -0.0262. The number of amides is 1. The van der Waals surface area contributed by atoms with E-state index in [1.165, 1.54) is 0 Å². The molecule has 0 spiro atoms. The molecule has 1 aromatic rings. The number of carbonyl (C=O) groups is 1. The Hall–Kier alpha value is -1.75. The van der Waals surface area contributed by atoms with Gasteiger partial charge in [0.25, 0.3) is 5.91 Å². The summed E-state index contributed by atoms with van der Waals surface area (Å²) < 4.78 is 5.21. The zero-order valence-electron chi connectivity index (χ0n) is 13.0. The summed E-state index contributed by atoms with van der Waals surface area (Å²) in [7, 11) is 5.16. The number of nitrogens with zero attached hydrogens (tertiary/aromatic N) is 2. The molecule has 0 heterocycles. The van der Waals surface area contributed by atoms with Crippen molar-refractivity contribution in [1.82, 2.24) is 4.90 Å². The normalized spacial score (nSPS) is 12.1. The molecule has 0 bridgehead atoms. The Bertz CT molecular complexity index is 460. The molecule has 20 heavy (non-hydrogen) atoms. The summed E-state index contributed by atoms with van der Waals surface area (Å²) in [4.78, 5) is 15.8. The third kappa shape index (κ3) is 3.63. The molecule has 1 aromatic carbocycles. The number of ether oxygens (including phenoxy) is 1. The van der Waals surface area contributed by atoms with Crippen LogP contribution in [0, 0.1) is 0 Å². The van der Waals surface area contributed by atoms with Gasteiger partial charge >= 0.3 is 0 Å². The van der Waals surface area contributed by atoms with Gasteiger partial charge < -0.3 is 20.3 Å². The fourth-order valence-electron chi connectivity index (χ4n) is 2.23. The standard InChI is InChI=1S/C15H25N3O2/c1-6-18(11(2)10-20-5)14-9-12(7-8-13(14)16)15(19)17(3)4/h7-9,11H,6,10,16H2,1-5H3. The number of hydrogen-bond donors (Lipinski definition) is 1. The van der Waals surface area contributed by atoms with Crippen LogP contribution in [0.15, 0.2) is 18.2 Å². The molecule has 2 N–H and O–H groups in total. The molecular formula is C15H25N3O2. The maximum atomic E-state index is 12.1. The van der Waals surface area contributed by atoms with Crippen LogP contribution in [0.1, 0.15) is 24.2 Å². The maximum absolute atomic E-state index is 12.1. The van der Waals surface area contributed by atoms with Crippen LogP contribution in [0.2, 0.25) is 0 Å². The summed E-state index contributed by atoms with van der Waals surface area (Å²) in [5, 5.41) is 0. The Morgan fingerprint density at radius 2 is 2.05 bits per heavy atom. The lowest BCUT2D eigenvalue weighted by atomic mass is 10.1. The molecule has 5 heteroatoms. The van der Waals surface area contributed by atoms with E-state index in [0.717, 1.165) is 12.2 Å². The van der Waals surface area contributed by atoms with E-state index in [1.54, 1.807) is 38.2 Å². The van der Waals surface area contributed by atoms with E-state index in [-0.39, 0.29) is 11.9 Å². The Balaban J connectivity index is 3.15. The quantitative estimate of drug-likeness (QED) is 0.807. The lowest BCUT2D eigenvalue weighted by Gasteiger charge is -2.31. The number of hydrogen-bond acceptors (Lipinski definition) is 4. The van der Waals surface area contributed by atoms with Gasteiger partial charge in [-0.1, -0.05) is 0 Å². The minimum Gasteiger partial charge on any atom is -0.397 e. The summed E-state index contributed by atoms with van der Waals surface area (Å²) in [5.41, 5.74) is 8.26. The molecule has 0 saturated heterocycles. The van der Waals surface area contributed by atoms with Gasteiger partial charge in [-0.3, -0.25) is 4.79 Å². The summed E-state index contributed by atoms with van der Waals surface area (Å²) in [6, 6.07) is 5.59. The van der Waals surface area contributed by atoms with Crippen LogP contribution in [-0.2, 0) is 4.74 Å². The lowest BCUT2D eigenvalue weighted by molar-refractivity contribution is 0.0827. The first-order valence-electron chi connectivity index (χ1n) is 6.79. The zero-order chi connectivity index (χ0) is 15.3. The van der Waals surface area contributed by atoms with Crippen molar-refractivity contribution in [1.29, 1.82) is 0 Å². The van der Waals surface area contributed by atoms with Crippen molar-refractivity contribution < 1.29 is 9.53 Å². The molecule has 0 fully saturated rings. The van der Waals surface area contributed by atoms with Crippen molar-refractivity contribution in [3.05, 3.63) is 23.8 Å². The predicted octanol–water partition coefficient (Wildman–Crippen LogP) is 1.83. The van der Waals surface area contributed by atoms with E-state index in [9.17, 15) is 4.79 Å². The molecule has 0 aliphatic carbocycles. The highest BCUT2D eigenvalue weighted by molar-refractivity contribution is 5.96. The van der Waals surface area contributed by atoms with E-state index in [4.69, 9.17) is 10.5 Å². The number of anilines is 2. The van der Waals surface area contributed by atoms with Gasteiger partial charge in [0.05, 0.1) is 18.0 Å². The first-order chi connectivity index (χ1) is 9.42. The van der Waals surface area contributed by atoms with Crippen molar-refractivity contribution in [2.75, 3.05) is 45.0 Å². The monoisotopic (exact) mass is 279 g/mol. The second kappa shape index (κ2) is 7.14. The second-order valence-corrected chi connectivity index (χ2v) is 5.06. The predicted molar refractivity (Wildman–Crippen MR) is 83.2 cm³/mol. The SMILES string of the molecule is CCN(c1cc(C(=O)N(C)C)ccc1N)C(C)COC. The maximum Gasteiger partial charge on any atom is 0.253 e. The average Bonchev–Trinajstić information content (AvgIpc) is 2.41. The molecular weight excluding hydrogens is 254 g/mol. The third-order valence-electron chi connectivity index (χ3n) is 3.27. The molecule has 1 amide bonds. The van der Waals surface area contributed by atoms with Gasteiger partial charge in [0.2, 0.25) is 0 Å². The summed E-state index contributed by atoms with van der Waals surface area (Å²) in [6.07, 6.45) is 0. The van der Waals surface area contributed by atoms with E-state index >= 15 is 0 Å². The molecule has 0 aliphatic heterocycles. The van der Waals surface area contributed by atoms with E-state index in [0.29, 0.717) is 17.9 Å². The Kier molecular flexibility index (Phi) is 5.82. The van der Waals surface area contributed by atoms with E-state index in [1.807, 2.05) is 6.07 Å². The largest absolute Gasteiger partial charge is 0.397 e. The fourth-order valence-corrected chi connectivity index (χ4v) is 2.23. The fraction of sp³-hybridized carbons (Fsp3) is 0.533. The number of nitrogens with two attached hydrogens (primary N) is 1. The van der Waals surface area contributed by atoms with Crippen molar-refractivity contribution in [2.45, 2.75) is 19.9 Å². The molecule has 0 aromatic heterocycles. The highest BCUT2D eigenvalue weighted by Crippen LogP contribution is 2.26. The number of rotatable bonds is 6. The topological polar surface area (TPSA) is 58.8 Å². The third-order valence-corrected chi connectivity index (χ3v) is 3.27. The second-order valence-electron chi connectivity index (χ2n) is 5.06. The highest BCUT2D eigenvalue weighted by Gasteiger charge is 2.17. The smallest absolute Gasteiger partial charge is 0.253 e.